The predicted octanol–water partition coefficient (Wildman–Crippen LogP) is 2.13. The Hall–Kier alpha value is -1.46. The van der Waals surface area contributed by atoms with Crippen molar-refractivity contribution >= 4 is 5.69 Å². The standard InChI is InChI=1S/C7H5F4NO/c8-5-2-3(12)1-4(6(5)13)7(9,10)11/h1-2,13H,12H2. The summed E-state index contributed by atoms with van der Waals surface area (Å²) in [5.74, 6) is -2.81. The van der Waals surface area contributed by atoms with E-state index >= 15 is 0 Å². The summed E-state index contributed by atoms with van der Waals surface area (Å²) >= 11 is 0. The van der Waals surface area contributed by atoms with Gasteiger partial charge in [-0.25, -0.2) is 4.39 Å². The highest BCUT2D eigenvalue weighted by Gasteiger charge is 2.35. The molecule has 0 saturated carbocycles. The largest absolute Gasteiger partial charge is 0.504 e. The number of hydrogen-bond donors (Lipinski definition) is 2. The zero-order chi connectivity index (χ0) is 10.2. The number of hydrogen-bond acceptors (Lipinski definition) is 2. The number of halogens is 4. The monoisotopic (exact) mass is 195 g/mol. The number of rotatable bonds is 0. The second-order valence-electron chi connectivity index (χ2n) is 2.40. The van der Waals surface area contributed by atoms with E-state index in [0.717, 1.165) is 0 Å². The molecule has 0 radical (unpaired) electrons. The summed E-state index contributed by atoms with van der Waals surface area (Å²) in [6.07, 6.45) is -4.81. The summed E-state index contributed by atoms with van der Waals surface area (Å²) < 4.78 is 48.6. The quantitative estimate of drug-likeness (QED) is 0.378. The van der Waals surface area contributed by atoms with Crippen LogP contribution < -0.4 is 5.73 Å². The maximum atomic E-state index is 12.5. The van der Waals surface area contributed by atoms with Crippen LogP contribution >= 0.6 is 0 Å². The minimum Gasteiger partial charge on any atom is -0.504 e. The Balaban J connectivity index is 3.37. The Labute approximate surface area is 70.6 Å². The number of alkyl halides is 3. The van der Waals surface area contributed by atoms with Crippen molar-refractivity contribution in [1.29, 1.82) is 0 Å². The summed E-state index contributed by atoms with van der Waals surface area (Å²) in [6, 6.07) is 1.09. The summed E-state index contributed by atoms with van der Waals surface area (Å²) in [7, 11) is 0. The molecular weight excluding hydrogens is 190 g/mol. The van der Waals surface area contributed by atoms with Gasteiger partial charge in [-0.2, -0.15) is 13.2 Å². The molecule has 0 aliphatic carbocycles. The van der Waals surface area contributed by atoms with Gasteiger partial charge in [0.1, 0.15) is 5.56 Å². The fourth-order valence-electron chi connectivity index (χ4n) is 0.836. The highest BCUT2D eigenvalue weighted by atomic mass is 19.4. The van der Waals surface area contributed by atoms with Gasteiger partial charge in [-0.15, -0.1) is 0 Å². The first-order valence-corrected chi connectivity index (χ1v) is 3.17. The highest BCUT2D eigenvalue weighted by molar-refractivity contribution is 5.49. The van der Waals surface area contributed by atoms with Crippen molar-refractivity contribution in [1.82, 2.24) is 0 Å². The van der Waals surface area contributed by atoms with E-state index in [9.17, 15) is 17.6 Å². The molecule has 6 heteroatoms. The van der Waals surface area contributed by atoms with Crippen LogP contribution in [0.3, 0.4) is 0 Å². The summed E-state index contributed by atoms with van der Waals surface area (Å²) in [4.78, 5) is 0. The number of benzene rings is 1. The first-order valence-electron chi connectivity index (χ1n) is 3.17. The van der Waals surface area contributed by atoms with Crippen molar-refractivity contribution in [2.24, 2.45) is 0 Å². The van der Waals surface area contributed by atoms with E-state index < -0.39 is 23.3 Å². The lowest BCUT2D eigenvalue weighted by molar-refractivity contribution is -0.139. The number of nitrogens with two attached hydrogens (primary N) is 1. The minimum absolute atomic E-state index is 0.386. The SMILES string of the molecule is Nc1cc(F)c(O)c(C(F)(F)F)c1. The molecule has 0 aromatic heterocycles. The van der Waals surface area contributed by atoms with Crippen molar-refractivity contribution in [2.45, 2.75) is 6.18 Å². The average Bonchev–Trinajstić information content (AvgIpc) is 1.94. The molecule has 3 N–H and O–H groups in total. The van der Waals surface area contributed by atoms with Crippen LogP contribution in [0.25, 0.3) is 0 Å². The van der Waals surface area contributed by atoms with Gasteiger partial charge in [0.2, 0.25) is 0 Å². The molecule has 2 nitrogen and oxygen atoms in total. The van der Waals surface area contributed by atoms with Crippen molar-refractivity contribution in [3.63, 3.8) is 0 Å². The first kappa shape index (κ1) is 9.63. The molecule has 0 amide bonds. The lowest BCUT2D eigenvalue weighted by Crippen LogP contribution is -2.07. The summed E-state index contributed by atoms with van der Waals surface area (Å²) in [6.45, 7) is 0. The first-order chi connectivity index (χ1) is 5.82. The molecule has 1 aromatic rings. The zero-order valence-electron chi connectivity index (χ0n) is 6.19. The normalized spacial score (nSPS) is 11.7. The minimum atomic E-state index is -4.81. The Morgan fingerprint density at radius 1 is 1.23 bits per heavy atom. The third kappa shape index (κ3) is 1.82. The number of nitrogen functional groups attached to an aromatic ring is 1. The van der Waals surface area contributed by atoms with Crippen molar-refractivity contribution in [3.8, 4) is 5.75 Å². The number of anilines is 1. The van der Waals surface area contributed by atoms with E-state index in [1.807, 2.05) is 0 Å². The summed E-state index contributed by atoms with van der Waals surface area (Å²) in [5.41, 5.74) is 3.12. The third-order valence-electron chi connectivity index (χ3n) is 1.39. The molecule has 0 atom stereocenters. The molecule has 0 saturated heterocycles. The van der Waals surface area contributed by atoms with Gasteiger partial charge in [0, 0.05) is 11.8 Å². The van der Waals surface area contributed by atoms with Crippen LogP contribution in [0.1, 0.15) is 5.56 Å². The lowest BCUT2D eigenvalue weighted by Gasteiger charge is -2.09. The van der Waals surface area contributed by atoms with Gasteiger partial charge >= 0.3 is 6.18 Å². The van der Waals surface area contributed by atoms with Gasteiger partial charge in [0.25, 0.3) is 0 Å². The lowest BCUT2D eigenvalue weighted by atomic mass is 10.1. The van der Waals surface area contributed by atoms with Crippen LogP contribution in [-0.2, 0) is 6.18 Å². The second-order valence-corrected chi connectivity index (χ2v) is 2.40. The van der Waals surface area contributed by atoms with Gasteiger partial charge in [-0.05, 0) is 6.07 Å². The average molecular weight is 195 g/mol. The predicted molar refractivity (Wildman–Crippen MR) is 37.5 cm³/mol. The van der Waals surface area contributed by atoms with Crippen LogP contribution in [0.15, 0.2) is 12.1 Å². The molecule has 1 rings (SSSR count). The molecule has 0 bridgehead atoms. The van der Waals surface area contributed by atoms with Gasteiger partial charge in [0.05, 0.1) is 0 Å². The topological polar surface area (TPSA) is 46.2 Å². The van der Waals surface area contributed by atoms with E-state index in [0.29, 0.717) is 12.1 Å². The number of aromatic hydroxyl groups is 1. The Kier molecular flexibility index (Phi) is 2.07. The Morgan fingerprint density at radius 3 is 2.23 bits per heavy atom. The molecule has 72 valence electrons. The molecule has 0 heterocycles. The van der Waals surface area contributed by atoms with Crippen LogP contribution in [0.4, 0.5) is 23.2 Å². The van der Waals surface area contributed by atoms with Gasteiger partial charge in [-0.3, -0.25) is 0 Å². The molecule has 0 aliphatic heterocycles. The van der Waals surface area contributed by atoms with Crippen LogP contribution in [-0.4, -0.2) is 5.11 Å². The molecule has 0 spiro atoms. The van der Waals surface area contributed by atoms with Crippen molar-refractivity contribution in [2.75, 3.05) is 5.73 Å². The molecule has 13 heavy (non-hydrogen) atoms. The van der Waals surface area contributed by atoms with E-state index in [1.165, 1.54) is 0 Å². The number of phenolic OH excluding ortho intramolecular Hbond substituents is 1. The summed E-state index contributed by atoms with van der Waals surface area (Å²) in [5, 5.41) is 8.71. The van der Waals surface area contributed by atoms with E-state index in [-0.39, 0.29) is 5.69 Å². The molecule has 1 aromatic carbocycles. The second kappa shape index (κ2) is 2.79. The fraction of sp³-hybridized carbons (Fsp3) is 0.143. The van der Waals surface area contributed by atoms with Gasteiger partial charge in [-0.1, -0.05) is 0 Å². The van der Waals surface area contributed by atoms with E-state index in [2.05, 4.69) is 0 Å². The molecule has 0 aliphatic rings. The Bertz CT molecular complexity index is 334. The maximum Gasteiger partial charge on any atom is 0.420 e. The third-order valence-corrected chi connectivity index (χ3v) is 1.39. The number of phenols is 1. The highest BCUT2D eigenvalue weighted by Crippen LogP contribution is 2.38. The zero-order valence-corrected chi connectivity index (χ0v) is 6.19. The molecule has 0 fully saturated rings. The van der Waals surface area contributed by atoms with Crippen molar-refractivity contribution in [3.05, 3.63) is 23.5 Å². The maximum absolute atomic E-state index is 12.5. The molecule has 0 unspecified atom stereocenters. The van der Waals surface area contributed by atoms with E-state index in [1.54, 1.807) is 0 Å². The van der Waals surface area contributed by atoms with Crippen LogP contribution in [0, 0.1) is 5.82 Å². The molecular formula is C7H5F4NO. The van der Waals surface area contributed by atoms with Gasteiger partial charge in [0.15, 0.2) is 11.6 Å². The van der Waals surface area contributed by atoms with Crippen LogP contribution in [0.5, 0.6) is 5.75 Å². The van der Waals surface area contributed by atoms with Gasteiger partial charge < -0.3 is 10.8 Å². The Morgan fingerprint density at radius 2 is 1.77 bits per heavy atom. The fourth-order valence-corrected chi connectivity index (χ4v) is 0.836. The van der Waals surface area contributed by atoms with Crippen molar-refractivity contribution < 1.29 is 22.7 Å². The smallest absolute Gasteiger partial charge is 0.420 e. The van der Waals surface area contributed by atoms with Crippen LogP contribution in [0.2, 0.25) is 0 Å². The van der Waals surface area contributed by atoms with E-state index in [4.69, 9.17) is 10.8 Å².